The Morgan fingerprint density at radius 3 is 2.81 bits per heavy atom. The summed E-state index contributed by atoms with van der Waals surface area (Å²) < 4.78 is 13.6. The number of halogens is 1. The van der Waals surface area contributed by atoms with E-state index in [0.29, 0.717) is 11.1 Å². The first-order valence-electron chi connectivity index (χ1n) is 6.34. The number of nitrogens with zero attached hydrogens (tertiary/aromatic N) is 1. The third-order valence-electron chi connectivity index (χ3n) is 3.16. The van der Waals surface area contributed by atoms with Gasteiger partial charge in [0.1, 0.15) is 5.82 Å². The molecule has 0 atom stereocenters. The molecule has 2 aromatic rings. The number of nitriles is 1. The SMILES string of the molecule is Cc1c(N)cc(C(=O)NCc2cccc(C#N)c2)cc1F. The normalized spacial score (nSPS) is 9.95. The van der Waals surface area contributed by atoms with E-state index in [0.717, 1.165) is 11.6 Å². The number of benzene rings is 2. The van der Waals surface area contributed by atoms with Gasteiger partial charge in [0.2, 0.25) is 0 Å². The molecular formula is C16H14FN3O. The lowest BCUT2D eigenvalue weighted by molar-refractivity contribution is 0.0950. The van der Waals surface area contributed by atoms with Crippen molar-refractivity contribution in [3.05, 3.63) is 64.5 Å². The number of rotatable bonds is 3. The van der Waals surface area contributed by atoms with Gasteiger partial charge in [-0.05, 0) is 36.8 Å². The number of amides is 1. The van der Waals surface area contributed by atoms with Crippen LogP contribution in [0.1, 0.15) is 27.0 Å². The van der Waals surface area contributed by atoms with Crippen LogP contribution in [0.4, 0.5) is 10.1 Å². The first kappa shape index (κ1) is 14.5. The molecule has 3 N–H and O–H groups in total. The molecule has 0 radical (unpaired) electrons. The van der Waals surface area contributed by atoms with Gasteiger partial charge in [-0.1, -0.05) is 12.1 Å². The highest BCUT2D eigenvalue weighted by atomic mass is 19.1. The van der Waals surface area contributed by atoms with E-state index in [4.69, 9.17) is 11.0 Å². The molecule has 0 heterocycles. The highest BCUT2D eigenvalue weighted by Crippen LogP contribution is 2.17. The van der Waals surface area contributed by atoms with E-state index in [1.165, 1.54) is 6.07 Å². The van der Waals surface area contributed by atoms with Crippen LogP contribution >= 0.6 is 0 Å². The van der Waals surface area contributed by atoms with Crippen molar-refractivity contribution in [3.8, 4) is 6.07 Å². The fourth-order valence-electron chi connectivity index (χ4n) is 1.87. The van der Waals surface area contributed by atoms with Gasteiger partial charge in [-0.25, -0.2) is 4.39 Å². The van der Waals surface area contributed by atoms with Crippen molar-refractivity contribution in [2.45, 2.75) is 13.5 Å². The Morgan fingerprint density at radius 2 is 2.14 bits per heavy atom. The summed E-state index contributed by atoms with van der Waals surface area (Å²) in [5, 5.41) is 11.5. The summed E-state index contributed by atoms with van der Waals surface area (Å²) in [6, 6.07) is 11.5. The van der Waals surface area contributed by atoms with Crippen molar-refractivity contribution in [2.75, 3.05) is 5.73 Å². The van der Waals surface area contributed by atoms with E-state index in [2.05, 4.69) is 5.32 Å². The Bertz CT molecular complexity index is 712. The minimum absolute atomic E-state index is 0.173. The van der Waals surface area contributed by atoms with E-state index < -0.39 is 11.7 Å². The third-order valence-corrected chi connectivity index (χ3v) is 3.16. The molecule has 1 amide bonds. The van der Waals surface area contributed by atoms with E-state index in [1.807, 2.05) is 6.07 Å². The largest absolute Gasteiger partial charge is 0.398 e. The molecule has 5 heteroatoms. The Kier molecular flexibility index (Phi) is 4.19. The first-order valence-corrected chi connectivity index (χ1v) is 6.34. The summed E-state index contributed by atoms with van der Waals surface area (Å²) in [6.45, 7) is 1.81. The van der Waals surface area contributed by atoms with Crippen molar-refractivity contribution in [1.82, 2.24) is 5.32 Å². The average Bonchev–Trinajstić information content (AvgIpc) is 2.50. The van der Waals surface area contributed by atoms with Crippen LogP contribution in [0, 0.1) is 24.1 Å². The fraction of sp³-hybridized carbons (Fsp3) is 0.125. The number of anilines is 1. The second kappa shape index (κ2) is 6.06. The highest BCUT2D eigenvalue weighted by molar-refractivity contribution is 5.95. The number of carbonyl (C=O) groups excluding carboxylic acids is 1. The van der Waals surface area contributed by atoms with Crippen LogP contribution in [0.25, 0.3) is 0 Å². The van der Waals surface area contributed by atoms with E-state index in [1.54, 1.807) is 31.2 Å². The maximum Gasteiger partial charge on any atom is 0.251 e. The summed E-state index contributed by atoms with van der Waals surface area (Å²) in [4.78, 5) is 12.0. The number of nitrogens with two attached hydrogens (primary N) is 1. The molecule has 21 heavy (non-hydrogen) atoms. The molecule has 2 rings (SSSR count). The standard InChI is InChI=1S/C16H14FN3O/c1-10-14(17)6-13(7-15(10)19)16(21)20-9-12-4-2-3-11(5-12)8-18/h2-7H,9,19H2,1H3,(H,20,21). The van der Waals surface area contributed by atoms with Crippen molar-refractivity contribution in [3.63, 3.8) is 0 Å². The average molecular weight is 283 g/mol. The van der Waals surface area contributed by atoms with Gasteiger partial charge in [-0.3, -0.25) is 4.79 Å². The smallest absolute Gasteiger partial charge is 0.251 e. The van der Waals surface area contributed by atoms with Crippen LogP contribution in [-0.2, 0) is 6.54 Å². The molecule has 0 aliphatic rings. The number of carbonyl (C=O) groups is 1. The number of hydrogen-bond acceptors (Lipinski definition) is 3. The molecule has 0 aliphatic heterocycles. The molecule has 0 aromatic heterocycles. The van der Waals surface area contributed by atoms with Crippen LogP contribution < -0.4 is 11.1 Å². The molecule has 106 valence electrons. The number of nitrogen functional groups attached to an aromatic ring is 1. The first-order chi connectivity index (χ1) is 10.0. The summed E-state index contributed by atoms with van der Waals surface area (Å²) in [7, 11) is 0. The molecule has 0 spiro atoms. The summed E-state index contributed by atoms with van der Waals surface area (Å²) in [5.74, 6) is -0.922. The minimum Gasteiger partial charge on any atom is -0.398 e. The predicted molar refractivity (Wildman–Crippen MR) is 77.9 cm³/mol. The van der Waals surface area contributed by atoms with Crippen molar-refractivity contribution in [1.29, 1.82) is 5.26 Å². The molecular weight excluding hydrogens is 269 g/mol. The molecule has 0 saturated heterocycles. The van der Waals surface area contributed by atoms with E-state index in [-0.39, 0.29) is 17.8 Å². The Morgan fingerprint density at radius 1 is 1.38 bits per heavy atom. The zero-order valence-corrected chi connectivity index (χ0v) is 11.5. The molecule has 4 nitrogen and oxygen atoms in total. The summed E-state index contributed by atoms with van der Waals surface area (Å²) in [6.07, 6.45) is 0. The molecule has 0 bridgehead atoms. The van der Waals surface area contributed by atoms with Gasteiger partial charge < -0.3 is 11.1 Å². The molecule has 0 saturated carbocycles. The Hall–Kier alpha value is -2.87. The van der Waals surface area contributed by atoms with Gasteiger partial charge in [-0.15, -0.1) is 0 Å². The lowest BCUT2D eigenvalue weighted by Crippen LogP contribution is -2.23. The van der Waals surface area contributed by atoms with Crippen molar-refractivity contribution < 1.29 is 9.18 Å². The van der Waals surface area contributed by atoms with Gasteiger partial charge >= 0.3 is 0 Å². The van der Waals surface area contributed by atoms with E-state index in [9.17, 15) is 9.18 Å². The third kappa shape index (κ3) is 3.37. The molecule has 0 fully saturated rings. The van der Waals surface area contributed by atoms with Crippen molar-refractivity contribution >= 4 is 11.6 Å². The van der Waals surface area contributed by atoms with Crippen LogP contribution in [0.5, 0.6) is 0 Å². The maximum atomic E-state index is 13.6. The topological polar surface area (TPSA) is 78.9 Å². The molecule has 0 unspecified atom stereocenters. The molecule has 2 aromatic carbocycles. The Balaban J connectivity index is 2.10. The van der Waals surface area contributed by atoms with Gasteiger partial charge in [-0.2, -0.15) is 5.26 Å². The van der Waals surface area contributed by atoms with Gasteiger partial charge in [0, 0.05) is 23.4 Å². The zero-order chi connectivity index (χ0) is 15.4. The monoisotopic (exact) mass is 283 g/mol. The van der Waals surface area contributed by atoms with Crippen LogP contribution in [-0.4, -0.2) is 5.91 Å². The van der Waals surface area contributed by atoms with Crippen LogP contribution in [0.2, 0.25) is 0 Å². The zero-order valence-electron chi connectivity index (χ0n) is 11.5. The number of hydrogen-bond donors (Lipinski definition) is 2. The van der Waals surface area contributed by atoms with Gasteiger partial charge in [0.15, 0.2) is 0 Å². The Labute approximate surface area is 122 Å². The van der Waals surface area contributed by atoms with Crippen molar-refractivity contribution in [2.24, 2.45) is 0 Å². The van der Waals surface area contributed by atoms with Gasteiger partial charge in [0.05, 0.1) is 11.6 Å². The highest BCUT2D eigenvalue weighted by Gasteiger charge is 2.11. The maximum absolute atomic E-state index is 13.6. The second-order valence-corrected chi connectivity index (χ2v) is 4.67. The predicted octanol–water partition coefficient (Wildman–Crippen LogP) is 2.52. The lowest BCUT2D eigenvalue weighted by atomic mass is 10.1. The number of nitrogens with one attached hydrogen (secondary N) is 1. The van der Waals surface area contributed by atoms with E-state index >= 15 is 0 Å². The van der Waals surface area contributed by atoms with Crippen LogP contribution in [0.15, 0.2) is 36.4 Å². The van der Waals surface area contributed by atoms with Gasteiger partial charge in [0.25, 0.3) is 5.91 Å². The quantitative estimate of drug-likeness (QED) is 0.849. The van der Waals surface area contributed by atoms with Crippen LogP contribution in [0.3, 0.4) is 0 Å². The summed E-state index contributed by atoms with van der Waals surface area (Å²) >= 11 is 0. The summed E-state index contributed by atoms with van der Waals surface area (Å²) in [5.41, 5.74) is 7.71. The second-order valence-electron chi connectivity index (χ2n) is 4.67. The lowest BCUT2D eigenvalue weighted by Gasteiger charge is -2.08. The minimum atomic E-state index is -0.508. The fourth-order valence-corrected chi connectivity index (χ4v) is 1.87. The molecule has 0 aliphatic carbocycles.